The van der Waals surface area contributed by atoms with Crippen molar-refractivity contribution in [2.24, 2.45) is 0 Å². The third kappa shape index (κ3) is 4.45. The molecule has 28 heavy (non-hydrogen) atoms. The van der Waals surface area contributed by atoms with E-state index in [2.05, 4.69) is 24.0 Å². The molecular weight excluding hydrogens is 380 g/mol. The summed E-state index contributed by atoms with van der Waals surface area (Å²) in [4.78, 5) is 16.4. The number of hydrogen-bond donors (Lipinski definition) is 0. The molecule has 0 N–H and O–H groups in total. The topological polar surface area (TPSA) is 99.4 Å². The molecular formula is C20H20N2O5S. The Balaban J connectivity index is 1.71. The normalized spacial score (nSPS) is 11.6. The number of carbonyl (C=O) groups excluding carboxylic acids is 1. The molecule has 0 aliphatic heterocycles. The zero-order valence-electron chi connectivity index (χ0n) is 15.7. The van der Waals surface area contributed by atoms with Gasteiger partial charge >= 0.3 is 5.97 Å². The van der Waals surface area contributed by atoms with Gasteiger partial charge in [-0.2, -0.15) is 4.98 Å². The van der Waals surface area contributed by atoms with Gasteiger partial charge in [0.1, 0.15) is 0 Å². The number of carbonyl (C=O) groups is 1. The Kier molecular flexibility index (Phi) is 5.60. The highest BCUT2D eigenvalue weighted by atomic mass is 32.2. The number of rotatable bonds is 6. The van der Waals surface area contributed by atoms with Crippen molar-refractivity contribution in [3.05, 3.63) is 65.5 Å². The second-order valence-electron chi connectivity index (χ2n) is 6.63. The van der Waals surface area contributed by atoms with E-state index in [-0.39, 0.29) is 23.0 Å². The summed E-state index contributed by atoms with van der Waals surface area (Å²) < 4.78 is 33.9. The monoisotopic (exact) mass is 400 g/mol. The van der Waals surface area contributed by atoms with Gasteiger partial charge in [0.2, 0.25) is 5.82 Å². The van der Waals surface area contributed by atoms with Gasteiger partial charge < -0.3 is 9.26 Å². The standard InChI is InChI=1S/C20H20N2O5S/c1-13(2)14-8-10-15(11-9-14)19-21-18(27-22-19)12-26-20(23)16-6-4-5-7-17(16)28(3,24)25/h4-11,13H,12H2,1-3H3. The molecule has 0 aliphatic rings. The van der Waals surface area contributed by atoms with E-state index in [4.69, 9.17) is 9.26 Å². The third-order valence-electron chi connectivity index (χ3n) is 4.14. The molecule has 0 aliphatic carbocycles. The highest BCUT2D eigenvalue weighted by Crippen LogP contribution is 2.21. The van der Waals surface area contributed by atoms with Crippen molar-refractivity contribution >= 4 is 15.8 Å². The number of hydrogen-bond acceptors (Lipinski definition) is 7. The van der Waals surface area contributed by atoms with E-state index in [0.717, 1.165) is 11.8 Å². The van der Waals surface area contributed by atoms with Crippen LogP contribution in [0.2, 0.25) is 0 Å². The van der Waals surface area contributed by atoms with Crippen LogP contribution < -0.4 is 0 Å². The van der Waals surface area contributed by atoms with Crippen LogP contribution in [0.15, 0.2) is 57.9 Å². The first-order valence-corrected chi connectivity index (χ1v) is 10.5. The SMILES string of the molecule is CC(C)c1ccc(-c2noc(COC(=O)c3ccccc3S(C)(=O)=O)n2)cc1. The summed E-state index contributed by atoms with van der Waals surface area (Å²) in [5, 5.41) is 3.90. The summed E-state index contributed by atoms with van der Waals surface area (Å²) in [7, 11) is -3.56. The molecule has 0 atom stereocenters. The van der Waals surface area contributed by atoms with E-state index in [0.29, 0.717) is 11.7 Å². The summed E-state index contributed by atoms with van der Waals surface area (Å²) in [6, 6.07) is 13.7. The molecule has 3 rings (SSSR count). The second-order valence-corrected chi connectivity index (χ2v) is 8.62. The molecule has 0 unspecified atom stereocenters. The van der Waals surface area contributed by atoms with Crippen LogP contribution in [0.25, 0.3) is 11.4 Å². The van der Waals surface area contributed by atoms with Gasteiger partial charge in [-0.05, 0) is 23.6 Å². The molecule has 0 radical (unpaired) electrons. The number of aromatic nitrogens is 2. The Bertz CT molecular complexity index is 1090. The van der Waals surface area contributed by atoms with Gasteiger partial charge in [0.05, 0.1) is 10.5 Å². The smallest absolute Gasteiger partial charge is 0.339 e. The van der Waals surface area contributed by atoms with Gasteiger partial charge in [-0.15, -0.1) is 0 Å². The first kappa shape index (κ1) is 19.8. The maximum absolute atomic E-state index is 12.3. The summed E-state index contributed by atoms with van der Waals surface area (Å²) in [5.74, 6) is 0.150. The van der Waals surface area contributed by atoms with Crippen LogP contribution in [-0.4, -0.2) is 30.8 Å². The number of sulfone groups is 1. The molecule has 1 heterocycles. The van der Waals surface area contributed by atoms with Crippen molar-refractivity contribution in [1.82, 2.24) is 10.1 Å². The first-order chi connectivity index (χ1) is 13.3. The van der Waals surface area contributed by atoms with Crippen molar-refractivity contribution < 1.29 is 22.5 Å². The van der Waals surface area contributed by atoms with E-state index in [1.54, 1.807) is 12.1 Å². The summed E-state index contributed by atoms with van der Waals surface area (Å²) in [6.07, 6.45) is 1.04. The maximum atomic E-state index is 12.3. The number of benzene rings is 2. The van der Waals surface area contributed by atoms with Crippen LogP contribution in [0, 0.1) is 0 Å². The summed E-state index contributed by atoms with van der Waals surface area (Å²) in [6.45, 7) is 3.96. The van der Waals surface area contributed by atoms with Gasteiger partial charge in [0.15, 0.2) is 16.4 Å². The van der Waals surface area contributed by atoms with Crippen LogP contribution in [0.4, 0.5) is 0 Å². The molecule has 0 fully saturated rings. The highest BCUT2D eigenvalue weighted by Gasteiger charge is 2.20. The molecule has 0 spiro atoms. The van der Waals surface area contributed by atoms with Crippen LogP contribution in [0.5, 0.6) is 0 Å². The van der Waals surface area contributed by atoms with Crippen molar-refractivity contribution in [2.75, 3.05) is 6.26 Å². The second kappa shape index (κ2) is 7.93. The molecule has 2 aromatic carbocycles. The number of esters is 1. The van der Waals surface area contributed by atoms with Crippen molar-refractivity contribution in [2.45, 2.75) is 31.3 Å². The molecule has 8 heteroatoms. The van der Waals surface area contributed by atoms with Crippen molar-refractivity contribution in [3.63, 3.8) is 0 Å². The minimum Gasteiger partial charge on any atom is -0.452 e. The average Bonchev–Trinajstić information content (AvgIpc) is 3.14. The minimum atomic E-state index is -3.56. The quantitative estimate of drug-likeness (QED) is 0.583. The largest absolute Gasteiger partial charge is 0.452 e. The Hall–Kier alpha value is -3.00. The zero-order chi connectivity index (χ0) is 20.3. The van der Waals surface area contributed by atoms with Crippen molar-refractivity contribution in [3.8, 4) is 11.4 Å². The lowest BCUT2D eigenvalue weighted by Crippen LogP contribution is -2.11. The number of nitrogens with zero attached hydrogens (tertiary/aromatic N) is 2. The lowest BCUT2D eigenvalue weighted by Gasteiger charge is -2.06. The minimum absolute atomic E-state index is 0.0333. The van der Waals surface area contributed by atoms with Crippen LogP contribution in [-0.2, 0) is 21.2 Å². The van der Waals surface area contributed by atoms with E-state index in [9.17, 15) is 13.2 Å². The predicted octanol–water partition coefficient (Wildman–Crippen LogP) is 3.62. The Morgan fingerprint density at radius 2 is 1.79 bits per heavy atom. The number of ether oxygens (including phenoxy) is 1. The molecule has 1 aromatic heterocycles. The predicted molar refractivity (Wildman–Crippen MR) is 102 cm³/mol. The zero-order valence-corrected chi connectivity index (χ0v) is 16.6. The van der Waals surface area contributed by atoms with Gasteiger partial charge in [0, 0.05) is 11.8 Å². The molecule has 7 nitrogen and oxygen atoms in total. The lowest BCUT2D eigenvalue weighted by atomic mass is 10.0. The van der Waals surface area contributed by atoms with Crippen LogP contribution in [0.3, 0.4) is 0 Å². The fourth-order valence-electron chi connectivity index (χ4n) is 2.61. The van der Waals surface area contributed by atoms with E-state index in [1.165, 1.54) is 17.7 Å². The third-order valence-corrected chi connectivity index (χ3v) is 5.29. The van der Waals surface area contributed by atoms with E-state index >= 15 is 0 Å². The van der Waals surface area contributed by atoms with Crippen molar-refractivity contribution in [1.29, 1.82) is 0 Å². The lowest BCUT2D eigenvalue weighted by molar-refractivity contribution is 0.0425. The Morgan fingerprint density at radius 3 is 2.43 bits per heavy atom. The summed E-state index contributed by atoms with van der Waals surface area (Å²) >= 11 is 0. The Morgan fingerprint density at radius 1 is 1.11 bits per heavy atom. The Labute approximate surface area is 163 Å². The molecule has 3 aromatic rings. The molecule has 0 bridgehead atoms. The first-order valence-electron chi connectivity index (χ1n) is 8.65. The van der Waals surface area contributed by atoms with E-state index in [1.807, 2.05) is 24.3 Å². The van der Waals surface area contributed by atoms with Crippen LogP contribution >= 0.6 is 0 Å². The van der Waals surface area contributed by atoms with Gasteiger partial charge in [0.25, 0.3) is 5.89 Å². The fourth-order valence-corrected chi connectivity index (χ4v) is 3.49. The molecule has 0 saturated heterocycles. The van der Waals surface area contributed by atoms with Gasteiger partial charge in [-0.25, -0.2) is 13.2 Å². The maximum Gasteiger partial charge on any atom is 0.339 e. The summed E-state index contributed by atoms with van der Waals surface area (Å²) in [5.41, 5.74) is 1.95. The van der Waals surface area contributed by atoms with Gasteiger partial charge in [-0.1, -0.05) is 55.4 Å². The fraction of sp³-hybridized carbons (Fsp3) is 0.250. The van der Waals surface area contributed by atoms with E-state index < -0.39 is 15.8 Å². The molecule has 0 saturated carbocycles. The highest BCUT2D eigenvalue weighted by molar-refractivity contribution is 7.90. The molecule has 0 amide bonds. The van der Waals surface area contributed by atoms with Crippen LogP contribution in [0.1, 0.15) is 41.6 Å². The average molecular weight is 400 g/mol. The van der Waals surface area contributed by atoms with Gasteiger partial charge in [-0.3, -0.25) is 0 Å². The molecule has 146 valence electrons.